The Hall–Kier alpha value is -0.900. The highest BCUT2D eigenvalue weighted by molar-refractivity contribution is 5.33. The molecule has 1 aliphatic carbocycles. The van der Waals surface area contributed by atoms with Gasteiger partial charge in [0.25, 0.3) is 0 Å². The zero-order valence-electron chi connectivity index (χ0n) is 11.8. The van der Waals surface area contributed by atoms with Crippen molar-refractivity contribution in [2.24, 2.45) is 0 Å². The maximum absolute atomic E-state index is 9.39. The fraction of sp³-hybridized carbons (Fsp3) is 0.625. The van der Waals surface area contributed by atoms with Crippen molar-refractivity contribution in [3.63, 3.8) is 0 Å². The largest absolute Gasteiger partial charge is 0.394 e. The summed E-state index contributed by atoms with van der Waals surface area (Å²) in [5.74, 6) is 0. The molecule has 1 unspecified atom stereocenters. The van der Waals surface area contributed by atoms with Gasteiger partial charge in [-0.2, -0.15) is 0 Å². The van der Waals surface area contributed by atoms with E-state index in [0.29, 0.717) is 6.54 Å². The van der Waals surface area contributed by atoms with Gasteiger partial charge < -0.3 is 15.1 Å². The highest BCUT2D eigenvalue weighted by atomic mass is 16.3. The molecule has 0 fully saturated rings. The van der Waals surface area contributed by atoms with Gasteiger partial charge in [-0.15, -0.1) is 0 Å². The molecule has 3 nitrogen and oxygen atoms in total. The minimum absolute atomic E-state index is 0.164. The van der Waals surface area contributed by atoms with Crippen LogP contribution in [0.15, 0.2) is 18.2 Å². The molecule has 3 heteroatoms. The predicted molar refractivity (Wildman–Crippen MR) is 77.4 cm³/mol. The summed E-state index contributed by atoms with van der Waals surface area (Å²) < 4.78 is 0. The van der Waals surface area contributed by atoms with E-state index in [1.165, 1.54) is 42.4 Å². The second kappa shape index (κ2) is 7.04. The van der Waals surface area contributed by atoms with E-state index < -0.39 is 6.10 Å². The van der Waals surface area contributed by atoms with E-state index >= 15 is 0 Å². The summed E-state index contributed by atoms with van der Waals surface area (Å²) in [5, 5.41) is 18.2. The summed E-state index contributed by atoms with van der Waals surface area (Å²) in [5.41, 5.74) is 4.44. The average molecular weight is 263 g/mol. The third kappa shape index (κ3) is 4.30. The minimum Gasteiger partial charge on any atom is -0.394 e. The van der Waals surface area contributed by atoms with Crippen LogP contribution >= 0.6 is 0 Å². The predicted octanol–water partition coefficient (Wildman–Crippen LogP) is 1.39. The number of rotatable bonds is 6. The molecule has 0 spiro atoms. The maximum Gasteiger partial charge on any atom is 0.0897 e. The number of fused-ring (bicyclic) bond motifs is 1. The Morgan fingerprint density at radius 3 is 2.68 bits per heavy atom. The summed E-state index contributed by atoms with van der Waals surface area (Å²) in [4.78, 5) is 2.07. The number of nitrogens with zero attached hydrogens (tertiary/aromatic N) is 1. The highest BCUT2D eigenvalue weighted by Crippen LogP contribution is 2.22. The van der Waals surface area contributed by atoms with E-state index in [9.17, 15) is 5.11 Å². The first-order chi connectivity index (χ1) is 9.19. The van der Waals surface area contributed by atoms with E-state index in [-0.39, 0.29) is 6.61 Å². The normalized spacial score (nSPS) is 16.4. The van der Waals surface area contributed by atoms with Crippen molar-refractivity contribution in [1.82, 2.24) is 4.90 Å². The van der Waals surface area contributed by atoms with Gasteiger partial charge in [0.2, 0.25) is 0 Å². The van der Waals surface area contributed by atoms with Gasteiger partial charge in [-0.1, -0.05) is 18.2 Å². The molecule has 19 heavy (non-hydrogen) atoms. The Balaban J connectivity index is 1.86. The van der Waals surface area contributed by atoms with Crippen LogP contribution in [-0.2, 0) is 19.3 Å². The zero-order valence-corrected chi connectivity index (χ0v) is 11.8. The number of hydrogen-bond donors (Lipinski definition) is 2. The average Bonchev–Trinajstić information content (AvgIpc) is 2.44. The molecule has 0 aliphatic heterocycles. The second-order valence-electron chi connectivity index (χ2n) is 5.66. The molecule has 2 N–H and O–H groups in total. The van der Waals surface area contributed by atoms with Crippen LogP contribution in [-0.4, -0.2) is 48.0 Å². The monoisotopic (exact) mass is 263 g/mol. The Bertz CT molecular complexity index is 406. The quantitative estimate of drug-likeness (QED) is 0.815. The molecule has 0 radical (unpaired) electrons. The molecule has 0 heterocycles. The van der Waals surface area contributed by atoms with Gasteiger partial charge in [0, 0.05) is 13.1 Å². The molecule has 0 saturated heterocycles. The van der Waals surface area contributed by atoms with Crippen molar-refractivity contribution in [2.75, 3.05) is 26.7 Å². The fourth-order valence-electron chi connectivity index (χ4n) is 2.77. The maximum atomic E-state index is 9.39. The summed E-state index contributed by atoms with van der Waals surface area (Å²) >= 11 is 0. The third-order valence-electron chi connectivity index (χ3n) is 3.93. The van der Waals surface area contributed by atoms with Crippen molar-refractivity contribution in [3.8, 4) is 0 Å². The zero-order chi connectivity index (χ0) is 13.7. The van der Waals surface area contributed by atoms with Crippen LogP contribution in [0.25, 0.3) is 0 Å². The van der Waals surface area contributed by atoms with E-state index in [1.54, 1.807) is 0 Å². The standard InChI is InChI=1S/C16H25NO2/c1-17(11-16(19)12-18)9-8-13-6-7-14-4-2-3-5-15(14)10-13/h6-7,10,16,18-19H,2-5,8-9,11-12H2,1H3. The van der Waals surface area contributed by atoms with E-state index in [2.05, 4.69) is 23.1 Å². The lowest BCUT2D eigenvalue weighted by atomic mass is 9.90. The molecule has 2 rings (SSSR count). The highest BCUT2D eigenvalue weighted by Gasteiger charge is 2.10. The van der Waals surface area contributed by atoms with Gasteiger partial charge in [-0.3, -0.25) is 0 Å². The van der Waals surface area contributed by atoms with Gasteiger partial charge >= 0.3 is 0 Å². The fourth-order valence-corrected chi connectivity index (χ4v) is 2.77. The molecule has 1 aromatic carbocycles. The number of likely N-dealkylation sites (N-methyl/N-ethyl adjacent to an activating group) is 1. The molecule has 0 bridgehead atoms. The van der Waals surface area contributed by atoms with Gasteiger partial charge in [0.05, 0.1) is 12.7 Å². The van der Waals surface area contributed by atoms with Gasteiger partial charge in [0.15, 0.2) is 0 Å². The summed E-state index contributed by atoms with van der Waals surface area (Å²) in [6.07, 6.45) is 5.48. The van der Waals surface area contributed by atoms with Crippen molar-refractivity contribution in [2.45, 2.75) is 38.2 Å². The first kappa shape index (κ1) is 14.5. The van der Waals surface area contributed by atoms with Crippen molar-refractivity contribution in [3.05, 3.63) is 34.9 Å². The number of aryl methyl sites for hydroxylation is 2. The van der Waals surface area contributed by atoms with Crippen LogP contribution in [0.3, 0.4) is 0 Å². The summed E-state index contributed by atoms with van der Waals surface area (Å²) in [6.45, 7) is 1.28. The van der Waals surface area contributed by atoms with Crippen molar-refractivity contribution >= 4 is 0 Å². The topological polar surface area (TPSA) is 43.7 Å². The van der Waals surface area contributed by atoms with Crippen LogP contribution in [0.2, 0.25) is 0 Å². The van der Waals surface area contributed by atoms with Crippen LogP contribution < -0.4 is 0 Å². The lowest BCUT2D eigenvalue weighted by Gasteiger charge is -2.20. The van der Waals surface area contributed by atoms with Gasteiger partial charge in [-0.05, 0) is 55.8 Å². The SMILES string of the molecule is CN(CCc1ccc2c(c1)CCCC2)CC(O)CO. The molecule has 106 valence electrons. The Kier molecular flexibility index (Phi) is 5.37. The minimum atomic E-state index is -0.631. The smallest absolute Gasteiger partial charge is 0.0897 e. The Labute approximate surface area is 115 Å². The van der Waals surface area contributed by atoms with Crippen LogP contribution in [0.1, 0.15) is 29.5 Å². The molecular formula is C16H25NO2. The molecule has 1 atom stereocenters. The lowest BCUT2D eigenvalue weighted by molar-refractivity contribution is 0.0669. The van der Waals surface area contributed by atoms with Crippen LogP contribution in [0.4, 0.5) is 0 Å². The lowest BCUT2D eigenvalue weighted by Crippen LogP contribution is -2.32. The molecule has 1 aromatic rings. The summed E-state index contributed by atoms with van der Waals surface area (Å²) in [7, 11) is 1.98. The Morgan fingerprint density at radius 1 is 1.21 bits per heavy atom. The van der Waals surface area contributed by atoms with E-state index in [4.69, 9.17) is 5.11 Å². The molecule has 1 aliphatic rings. The molecule has 0 amide bonds. The number of benzene rings is 1. The summed E-state index contributed by atoms with van der Waals surface area (Å²) in [6, 6.07) is 6.87. The third-order valence-corrected chi connectivity index (χ3v) is 3.93. The molecule has 0 saturated carbocycles. The van der Waals surface area contributed by atoms with Crippen molar-refractivity contribution in [1.29, 1.82) is 0 Å². The molecule has 0 aromatic heterocycles. The van der Waals surface area contributed by atoms with E-state index in [0.717, 1.165) is 13.0 Å². The van der Waals surface area contributed by atoms with Crippen molar-refractivity contribution < 1.29 is 10.2 Å². The van der Waals surface area contributed by atoms with Gasteiger partial charge in [-0.25, -0.2) is 0 Å². The first-order valence-corrected chi connectivity index (χ1v) is 7.27. The molecular weight excluding hydrogens is 238 g/mol. The number of hydrogen-bond acceptors (Lipinski definition) is 3. The number of aliphatic hydroxyl groups excluding tert-OH is 2. The van der Waals surface area contributed by atoms with Gasteiger partial charge in [0.1, 0.15) is 0 Å². The first-order valence-electron chi connectivity index (χ1n) is 7.27. The number of aliphatic hydroxyl groups is 2. The Morgan fingerprint density at radius 2 is 1.95 bits per heavy atom. The second-order valence-corrected chi connectivity index (χ2v) is 5.66. The van der Waals surface area contributed by atoms with Crippen LogP contribution in [0.5, 0.6) is 0 Å². The van der Waals surface area contributed by atoms with Crippen LogP contribution in [0, 0.1) is 0 Å². The van der Waals surface area contributed by atoms with E-state index in [1.807, 2.05) is 7.05 Å².